The van der Waals surface area contributed by atoms with Gasteiger partial charge in [-0.25, -0.2) is 4.39 Å². The molecule has 0 aliphatic carbocycles. The lowest BCUT2D eigenvalue weighted by Crippen LogP contribution is -2.38. The molecule has 2 heterocycles. The number of halogens is 1. The van der Waals surface area contributed by atoms with Gasteiger partial charge in [0.1, 0.15) is 5.82 Å². The van der Waals surface area contributed by atoms with Crippen LogP contribution in [0, 0.1) is 11.7 Å². The molecule has 6 heteroatoms. The first-order valence-corrected chi connectivity index (χ1v) is 10.5. The van der Waals surface area contributed by atoms with Gasteiger partial charge in [-0.1, -0.05) is 24.3 Å². The normalized spacial score (nSPS) is 15.2. The molecule has 5 nitrogen and oxygen atoms in total. The number of hydrogen-bond donors (Lipinski definition) is 1. The van der Waals surface area contributed by atoms with Gasteiger partial charge < -0.3 is 10.2 Å². The Kier molecular flexibility index (Phi) is 6.54. The van der Waals surface area contributed by atoms with Gasteiger partial charge >= 0.3 is 0 Å². The highest BCUT2D eigenvalue weighted by Gasteiger charge is 2.24. The molecule has 1 aromatic heterocycles. The van der Waals surface area contributed by atoms with E-state index in [-0.39, 0.29) is 17.6 Å². The van der Waals surface area contributed by atoms with Crippen LogP contribution in [-0.2, 0) is 11.3 Å². The first kappa shape index (κ1) is 20.3. The molecule has 2 aromatic carbocycles. The van der Waals surface area contributed by atoms with Crippen molar-refractivity contribution in [3.63, 3.8) is 0 Å². The molecule has 1 amide bonds. The van der Waals surface area contributed by atoms with E-state index >= 15 is 0 Å². The second-order valence-corrected chi connectivity index (χ2v) is 7.82. The highest BCUT2D eigenvalue weighted by molar-refractivity contribution is 5.93. The van der Waals surface area contributed by atoms with E-state index in [9.17, 15) is 9.18 Å². The number of piperidine rings is 1. The van der Waals surface area contributed by atoms with Crippen molar-refractivity contribution < 1.29 is 9.18 Å². The summed E-state index contributed by atoms with van der Waals surface area (Å²) in [5, 5.41) is 7.28. The first-order chi connectivity index (χ1) is 14.7. The fraction of sp³-hybridized carbons (Fsp3) is 0.333. The molecule has 0 saturated carbocycles. The Morgan fingerprint density at radius 3 is 2.53 bits per heavy atom. The highest BCUT2D eigenvalue weighted by Crippen LogP contribution is 2.25. The lowest BCUT2D eigenvalue weighted by atomic mass is 9.95. The minimum atomic E-state index is -0.265. The van der Waals surface area contributed by atoms with Crippen LogP contribution < -0.4 is 5.32 Å². The lowest BCUT2D eigenvalue weighted by Gasteiger charge is -2.31. The molecule has 1 saturated heterocycles. The van der Waals surface area contributed by atoms with Crippen molar-refractivity contribution in [2.45, 2.75) is 25.8 Å². The Balaban J connectivity index is 1.26. The van der Waals surface area contributed by atoms with Crippen LogP contribution in [0.25, 0.3) is 11.1 Å². The smallest absolute Gasteiger partial charge is 0.227 e. The number of aryl methyl sites for hydroxylation is 1. The summed E-state index contributed by atoms with van der Waals surface area (Å²) in [6.45, 7) is 3.85. The van der Waals surface area contributed by atoms with Crippen molar-refractivity contribution in [1.29, 1.82) is 0 Å². The monoisotopic (exact) mass is 406 g/mol. The molecule has 4 rings (SSSR count). The van der Waals surface area contributed by atoms with E-state index in [1.165, 1.54) is 12.1 Å². The fourth-order valence-electron chi connectivity index (χ4n) is 4.00. The predicted octanol–water partition coefficient (Wildman–Crippen LogP) is 4.43. The van der Waals surface area contributed by atoms with Crippen molar-refractivity contribution in [3.8, 4) is 11.1 Å². The van der Waals surface area contributed by atoms with E-state index in [0.717, 1.165) is 62.3 Å². The third-order valence-electron chi connectivity index (χ3n) is 5.67. The summed E-state index contributed by atoms with van der Waals surface area (Å²) < 4.78 is 15.5. The van der Waals surface area contributed by atoms with Crippen molar-refractivity contribution in [3.05, 3.63) is 72.8 Å². The summed E-state index contributed by atoms with van der Waals surface area (Å²) in [4.78, 5) is 15.2. The van der Waals surface area contributed by atoms with E-state index in [4.69, 9.17) is 0 Å². The van der Waals surface area contributed by atoms with Gasteiger partial charge in [0, 0.05) is 30.5 Å². The van der Waals surface area contributed by atoms with Gasteiger partial charge in [-0.05, 0) is 80.4 Å². The number of carbonyl (C=O) groups is 1. The lowest BCUT2D eigenvalue weighted by molar-refractivity contribution is -0.121. The second kappa shape index (κ2) is 9.67. The molecule has 1 aliphatic rings. The number of amides is 1. The molecular weight excluding hydrogens is 379 g/mol. The van der Waals surface area contributed by atoms with Gasteiger partial charge in [-0.2, -0.15) is 5.10 Å². The zero-order valence-corrected chi connectivity index (χ0v) is 17.0. The molecule has 3 aromatic rings. The van der Waals surface area contributed by atoms with Gasteiger partial charge in [-0.15, -0.1) is 0 Å². The molecule has 0 radical (unpaired) electrons. The molecule has 1 N–H and O–H groups in total. The average molecular weight is 407 g/mol. The molecule has 1 aliphatic heterocycles. The number of carbonyl (C=O) groups excluding carboxylic acids is 1. The van der Waals surface area contributed by atoms with Crippen molar-refractivity contribution >= 4 is 11.6 Å². The van der Waals surface area contributed by atoms with E-state index in [1.54, 1.807) is 12.3 Å². The standard InChI is InChI=1S/C24H27FN4O/c25-22-7-1-5-20(17-22)21-6-2-8-23(18-21)27-24(30)19-9-15-28(16-10-19)12-4-14-29-13-3-11-26-29/h1-3,5-8,11,13,17-19H,4,9-10,12,14-16H2,(H,27,30). The Bertz CT molecular complexity index is 965. The average Bonchev–Trinajstić information content (AvgIpc) is 3.28. The van der Waals surface area contributed by atoms with Crippen LogP contribution in [0.1, 0.15) is 19.3 Å². The topological polar surface area (TPSA) is 50.2 Å². The zero-order chi connectivity index (χ0) is 20.8. The minimum absolute atomic E-state index is 0.0326. The van der Waals surface area contributed by atoms with Gasteiger partial charge in [-0.3, -0.25) is 9.48 Å². The van der Waals surface area contributed by atoms with Gasteiger partial charge in [0.2, 0.25) is 5.91 Å². The molecule has 0 atom stereocenters. The largest absolute Gasteiger partial charge is 0.326 e. The Hall–Kier alpha value is -2.99. The van der Waals surface area contributed by atoms with E-state index < -0.39 is 0 Å². The summed E-state index contributed by atoms with van der Waals surface area (Å²) in [6.07, 6.45) is 6.59. The van der Waals surface area contributed by atoms with Crippen LogP contribution in [0.3, 0.4) is 0 Å². The minimum Gasteiger partial charge on any atom is -0.326 e. The first-order valence-electron chi connectivity index (χ1n) is 10.5. The van der Waals surface area contributed by atoms with Crippen LogP contribution in [0.4, 0.5) is 10.1 Å². The van der Waals surface area contributed by atoms with E-state index in [1.807, 2.05) is 47.3 Å². The van der Waals surface area contributed by atoms with Crippen LogP contribution in [0.5, 0.6) is 0 Å². The Morgan fingerprint density at radius 1 is 1.03 bits per heavy atom. The maximum absolute atomic E-state index is 13.5. The number of benzene rings is 2. The highest BCUT2D eigenvalue weighted by atomic mass is 19.1. The van der Waals surface area contributed by atoms with Gasteiger partial charge in [0.05, 0.1) is 0 Å². The maximum atomic E-state index is 13.5. The molecule has 0 unspecified atom stereocenters. The summed E-state index contributed by atoms with van der Waals surface area (Å²) in [5.74, 6) is -0.161. The number of nitrogens with zero attached hydrogens (tertiary/aromatic N) is 3. The quantitative estimate of drug-likeness (QED) is 0.632. The molecule has 156 valence electrons. The summed E-state index contributed by atoms with van der Waals surface area (Å²) in [6, 6.07) is 16.0. The Morgan fingerprint density at radius 2 is 1.80 bits per heavy atom. The van der Waals surface area contributed by atoms with Crippen LogP contribution in [-0.4, -0.2) is 40.2 Å². The summed E-state index contributed by atoms with van der Waals surface area (Å²) in [7, 11) is 0. The number of rotatable bonds is 7. The molecular formula is C24H27FN4O. The molecule has 0 bridgehead atoms. The number of hydrogen-bond acceptors (Lipinski definition) is 3. The van der Waals surface area contributed by atoms with E-state index in [0.29, 0.717) is 0 Å². The maximum Gasteiger partial charge on any atom is 0.227 e. The SMILES string of the molecule is O=C(Nc1cccc(-c2cccc(F)c2)c1)C1CCN(CCCn2cccn2)CC1. The predicted molar refractivity (Wildman–Crippen MR) is 116 cm³/mol. The third-order valence-corrected chi connectivity index (χ3v) is 5.67. The summed E-state index contributed by atoms with van der Waals surface area (Å²) >= 11 is 0. The molecule has 1 fully saturated rings. The van der Waals surface area contributed by atoms with Crippen molar-refractivity contribution in [2.75, 3.05) is 25.0 Å². The number of anilines is 1. The third kappa shape index (κ3) is 5.33. The van der Waals surface area contributed by atoms with E-state index in [2.05, 4.69) is 15.3 Å². The van der Waals surface area contributed by atoms with Crippen LogP contribution in [0.15, 0.2) is 67.0 Å². The molecule has 0 spiro atoms. The Labute approximate surface area is 176 Å². The van der Waals surface area contributed by atoms with Crippen molar-refractivity contribution in [1.82, 2.24) is 14.7 Å². The van der Waals surface area contributed by atoms with Crippen LogP contribution in [0.2, 0.25) is 0 Å². The van der Waals surface area contributed by atoms with Crippen LogP contribution >= 0.6 is 0 Å². The molecule has 30 heavy (non-hydrogen) atoms. The number of nitrogens with one attached hydrogen (secondary N) is 1. The number of aromatic nitrogens is 2. The zero-order valence-electron chi connectivity index (χ0n) is 17.0. The number of likely N-dealkylation sites (tertiary alicyclic amines) is 1. The second-order valence-electron chi connectivity index (χ2n) is 7.82. The van der Waals surface area contributed by atoms with Gasteiger partial charge in [0.25, 0.3) is 0 Å². The fourth-order valence-corrected chi connectivity index (χ4v) is 4.00. The van der Waals surface area contributed by atoms with Gasteiger partial charge in [0.15, 0.2) is 0 Å². The van der Waals surface area contributed by atoms with Crippen molar-refractivity contribution in [2.24, 2.45) is 5.92 Å². The summed E-state index contributed by atoms with van der Waals surface area (Å²) in [5.41, 5.74) is 2.44.